The van der Waals surface area contributed by atoms with E-state index >= 15 is 0 Å². The summed E-state index contributed by atoms with van der Waals surface area (Å²) in [5.74, 6) is 0. The fourth-order valence-corrected chi connectivity index (χ4v) is 0.418. The topological polar surface area (TPSA) is 54.4 Å². The van der Waals surface area contributed by atoms with Gasteiger partial charge in [-0.05, 0) is 18.6 Å². The van der Waals surface area contributed by atoms with Gasteiger partial charge in [-0.3, -0.25) is 0 Å². The van der Waals surface area contributed by atoms with E-state index in [2.05, 4.69) is 18.8 Å². The third-order valence-corrected chi connectivity index (χ3v) is 1.12. The molecule has 0 saturated carbocycles. The van der Waals surface area contributed by atoms with Crippen LogP contribution in [0.5, 0.6) is 0 Å². The van der Waals surface area contributed by atoms with Gasteiger partial charge in [0.1, 0.15) is 0 Å². The SMILES string of the molecule is C=C[SH](=O)=O.CCCC(O)=S. The minimum Gasteiger partial charge on any atom is -0.502 e. The molecule has 0 radical (unpaired) electrons. The first-order valence-electron chi connectivity index (χ1n) is 3.02. The Bertz CT molecular complexity index is 176. The summed E-state index contributed by atoms with van der Waals surface area (Å²) in [5, 5.41) is 9.28. The molecular weight excluding hydrogens is 184 g/mol. The Morgan fingerprint density at radius 1 is 1.73 bits per heavy atom. The summed E-state index contributed by atoms with van der Waals surface area (Å²) in [4.78, 5) is 0. The van der Waals surface area contributed by atoms with Gasteiger partial charge in [-0.2, -0.15) is 0 Å². The van der Waals surface area contributed by atoms with Crippen LogP contribution >= 0.6 is 12.2 Å². The van der Waals surface area contributed by atoms with Crippen LogP contribution in [0, 0.1) is 0 Å². The van der Waals surface area contributed by atoms with Crippen LogP contribution in [0.3, 0.4) is 0 Å². The summed E-state index contributed by atoms with van der Waals surface area (Å²) >= 11 is 4.35. The Balaban J connectivity index is 0. The number of hydrogen-bond donors (Lipinski definition) is 2. The minimum absolute atomic E-state index is 0.123. The summed E-state index contributed by atoms with van der Waals surface area (Å²) in [6, 6.07) is 0. The number of thiocarbonyl (C=S) groups is 1. The summed E-state index contributed by atoms with van der Waals surface area (Å²) in [6.45, 7) is 4.94. The van der Waals surface area contributed by atoms with E-state index in [0.717, 1.165) is 11.8 Å². The molecule has 5 heteroatoms. The monoisotopic (exact) mass is 196 g/mol. The average Bonchev–Trinajstić information content (AvgIpc) is 1.89. The van der Waals surface area contributed by atoms with E-state index in [0.29, 0.717) is 6.42 Å². The van der Waals surface area contributed by atoms with Gasteiger partial charge >= 0.3 is 0 Å². The number of aliphatic hydroxyl groups is 1. The van der Waals surface area contributed by atoms with Crippen LogP contribution in [0.4, 0.5) is 0 Å². The van der Waals surface area contributed by atoms with Crippen molar-refractivity contribution in [1.29, 1.82) is 0 Å². The molecular formula is C6H12O3S2. The molecule has 0 aliphatic carbocycles. The van der Waals surface area contributed by atoms with E-state index in [-0.39, 0.29) is 5.05 Å². The maximum Gasteiger partial charge on any atom is 0.160 e. The predicted molar refractivity (Wildman–Crippen MR) is 50.6 cm³/mol. The summed E-state index contributed by atoms with van der Waals surface area (Å²) in [5.41, 5.74) is 0. The zero-order chi connectivity index (χ0) is 9.28. The number of rotatable bonds is 3. The zero-order valence-electron chi connectivity index (χ0n) is 6.32. The fraction of sp³-hybridized carbons (Fsp3) is 0.500. The minimum atomic E-state index is -2.33. The van der Waals surface area contributed by atoms with Gasteiger partial charge in [0.05, 0.1) is 0 Å². The summed E-state index contributed by atoms with van der Waals surface area (Å²) in [7, 11) is -2.33. The van der Waals surface area contributed by atoms with E-state index in [9.17, 15) is 8.42 Å². The quantitative estimate of drug-likeness (QED) is 0.529. The van der Waals surface area contributed by atoms with Crippen LogP contribution in [-0.2, 0) is 10.7 Å². The number of aliphatic hydroxyl groups excluding tert-OH is 1. The van der Waals surface area contributed by atoms with E-state index in [1.54, 1.807) is 0 Å². The van der Waals surface area contributed by atoms with Crippen LogP contribution in [0.15, 0.2) is 12.0 Å². The van der Waals surface area contributed by atoms with Gasteiger partial charge in [-0.25, -0.2) is 8.42 Å². The molecule has 0 heterocycles. The molecule has 1 N–H and O–H groups in total. The van der Waals surface area contributed by atoms with Gasteiger partial charge in [0.2, 0.25) is 0 Å². The van der Waals surface area contributed by atoms with Gasteiger partial charge < -0.3 is 5.11 Å². The Hall–Kier alpha value is -0.420. The molecule has 0 aromatic rings. The van der Waals surface area contributed by atoms with Crippen molar-refractivity contribution in [3.63, 3.8) is 0 Å². The van der Waals surface area contributed by atoms with E-state index < -0.39 is 10.7 Å². The summed E-state index contributed by atoms with van der Waals surface area (Å²) in [6.07, 6.45) is 1.60. The second kappa shape index (κ2) is 9.58. The molecule has 0 bridgehead atoms. The highest BCUT2D eigenvalue weighted by atomic mass is 32.2. The predicted octanol–water partition coefficient (Wildman–Crippen LogP) is 1.41. The first-order chi connectivity index (χ1) is 5.04. The first-order valence-corrected chi connectivity index (χ1v) is 4.67. The molecule has 66 valence electrons. The molecule has 0 aromatic carbocycles. The van der Waals surface area contributed by atoms with E-state index in [1.807, 2.05) is 6.92 Å². The number of thiol groups is 1. The van der Waals surface area contributed by atoms with Crippen molar-refractivity contribution in [2.45, 2.75) is 19.8 Å². The Labute approximate surface area is 73.7 Å². The van der Waals surface area contributed by atoms with Crippen molar-refractivity contribution in [3.8, 4) is 0 Å². The van der Waals surface area contributed by atoms with E-state index in [4.69, 9.17) is 5.11 Å². The lowest BCUT2D eigenvalue weighted by Gasteiger charge is -1.84. The van der Waals surface area contributed by atoms with E-state index in [1.165, 1.54) is 0 Å². The van der Waals surface area contributed by atoms with Crippen molar-refractivity contribution < 1.29 is 13.5 Å². The molecule has 11 heavy (non-hydrogen) atoms. The molecule has 0 saturated heterocycles. The van der Waals surface area contributed by atoms with Crippen molar-refractivity contribution in [2.75, 3.05) is 0 Å². The molecule has 0 aromatic heterocycles. The molecule has 0 aliphatic heterocycles. The van der Waals surface area contributed by atoms with Gasteiger partial charge in [-0.1, -0.05) is 13.5 Å². The zero-order valence-corrected chi connectivity index (χ0v) is 8.03. The smallest absolute Gasteiger partial charge is 0.160 e. The highest BCUT2D eigenvalue weighted by molar-refractivity contribution is 7.80. The molecule has 0 atom stereocenters. The van der Waals surface area contributed by atoms with Crippen LogP contribution in [0.25, 0.3) is 0 Å². The second-order valence-electron chi connectivity index (χ2n) is 1.61. The Morgan fingerprint density at radius 3 is 2.09 bits per heavy atom. The van der Waals surface area contributed by atoms with Crippen molar-refractivity contribution in [3.05, 3.63) is 12.0 Å². The Kier molecular flexibility index (Phi) is 11.5. The number of hydrogen-bond acceptors (Lipinski definition) is 3. The summed E-state index contributed by atoms with van der Waals surface area (Å²) < 4.78 is 18.6. The van der Waals surface area contributed by atoms with Crippen molar-refractivity contribution >= 4 is 28.0 Å². The lowest BCUT2D eigenvalue weighted by molar-refractivity contribution is 0.546. The van der Waals surface area contributed by atoms with Crippen LogP contribution < -0.4 is 0 Å². The van der Waals surface area contributed by atoms with Crippen molar-refractivity contribution in [2.24, 2.45) is 0 Å². The Morgan fingerprint density at radius 2 is 2.09 bits per heavy atom. The molecule has 0 spiro atoms. The lowest BCUT2D eigenvalue weighted by atomic mass is 10.4. The maximum absolute atomic E-state index is 9.29. The van der Waals surface area contributed by atoms with Gasteiger partial charge in [0.25, 0.3) is 0 Å². The van der Waals surface area contributed by atoms with Crippen LogP contribution in [0.2, 0.25) is 0 Å². The molecule has 3 nitrogen and oxygen atoms in total. The molecule has 0 fully saturated rings. The van der Waals surface area contributed by atoms with Gasteiger partial charge in [0.15, 0.2) is 15.8 Å². The lowest BCUT2D eigenvalue weighted by Crippen LogP contribution is -1.86. The average molecular weight is 196 g/mol. The molecule has 0 unspecified atom stereocenters. The van der Waals surface area contributed by atoms with Crippen LogP contribution in [0.1, 0.15) is 19.8 Å². The third-order valence-electron chi connectivity index (χ3n) is 0.613. The maximum atomic E-state index is 9.29. The molecule has 0 aliphatic rings. The fourth-order valence-electron chi connectivity index (χ4n) is 0.214. The second-order valence-corrected chi connectivity index (χ2v) is 3.02. The first kappa shape index (κ1) is 13.2. The highest BCUT2D eigenvalue weighted by Gasteiger charge is 1.82. The van der Waals surface area contributed by atoms with Crippen molar-refractivity contribution in [1.82, 2.24) is 0 Å². The van der Waals surface area contributed by atoms with Gasteiger partial charge in [0, 0.05) is 11.8 Å². The standard InChI is InChI=1S/C4H8OS.C2H4O2S/c1-2-3-4(5)6;1-2-5(3)4/h2-3H2,1H3,(H,5,6);2,5H,1H2. The van der Waals surface area contributed by atoms with Crippen LogP contribution in [-0.4, -0.2) is 18.6 Å². The molecule has 0 amide bonds. The third kappa shape index (κ3) is 26.2. The molecule has 0 rings (SSSR count). The van der Waals surface area contributed by atoms with Gasteiger partial charge in [-0.15, -0.1) is 0 Å². The normalized spacial score (nSPS) is 8.18. The highest BCUT2D eigenvalue weighted by Crippen LogP contribution is 1.85. The largest absolute Gasteiger partial charge is 0.502 e.